The van der Waals surface area contributed by atoms with Gasteiger partial charge in [-0.05, 0) is 30.5 Å². The molecule has 1 aromatic carbocycles. The number of carboxylic acid groups (broad SMARTS) is 1. The number of aromatic nitrogens is 2. The van der Waals surface area contributed by atoms with Crippen LogP contribution in [0.15, 0.2) is 18.2 Å². The summed E-state index contributed by atoms with van der Waals surface area (Å²) in [5.74, 6) is -0.868. The van der Waals surface area contributed by atoms with Gasteiger partial charge in [-0.25, -0.2) is 4.79 Å². The fraction of sp³-hybridized carbons (Fsp3) is 0.167. The molecule has 0 spiro atoms. The number of aryl methyl sites for hydroxylation is 2. The molecule has 0 aliphatic carbocycles. The third-order valence-electron chi connectivity index (χ3n) is 2.80. The van der Waals surface area contributed by atoms with Gasteiger partial charge in [0.15, 0.2) is 11.5 Å². The summed E-state index contributed by atoms with van der Waals surface area (Å²) in [6, 6.07) is 5.68. The lowest BCUT2D eigenvalue weighted by Gasteiger charge is -2.05. The summed E-state index contributed by atoms with van der Waals surface area (Å²) < 4.78 is 0. The highest BCUT2D eigenvalue weighted by molar-refractivity contribution is 5.97. The number of nitrogens with one attached hydrogen (secondary N) is 1. The second-order valence-electron chi connectivity index (χ2n) is 3.96. The largest absolute Gasteiger partial charge is 0.477 e. The van der Waals surface area contributed by atoms with Crippen molar-refractivity contribution in [3.63, 3.8) is 0 Å². The van der Waals surface area contributed by atoms with E-state index in [1.165, 1.54) is 0 Å². The fourth-order valence-electron chi connectivity index (χ4n) is 1.70. The number of carboxylic acids is 1. The first-order valence-corrected chi connectivity index (χ1v) is 5.15. The van der Waals surface area contributed by atoms with E-state index in [0.717, 1.165) is 16.7 Å². The average Bonchev–Trinajstić information content (AvgIpc) is 2.64. The van der Waals surface area contributed by atoms with E-state index in [1.807, 2.05) is 32.0 Å². The van der Waals surface area contributed by atoms with Crippen molar-refractivity contribution in [3.8, 4) is 11.1 Å². The van der Waals surface area contributed by atoms with Crippen LogP contribution in [0, 0.1) is 13.8 Å². The van der Waals surface area contributed by atoms with E-state index in [9.17, 15) is 4.79 Å². The Morgan fingerprint density at radius 1 is 1.35 bits per heavy atom. The highest BCUT2D eigenvalue weighted by Crippen LogP contribution is 2.29. The third kappa shape index (κ3) is 1.87. The van der Waals surface area contributed by atoms with Gasteiger partial charge in [0.05, 0.1) is 5.56 Å². The Labute approximate surface area is 98.3 Å². The molecular weight excluding hydrogens is 218 g/mol. The predicted octanol–water partition coefficient (Wildman–Crippen LogP) is 1.97. The van der Waals surface area contributed by atoms with Gasteiger partial charge in [0.2, 0.25) is 0 Å². The maximum Gasteiger partial charge on any atom is 0.354 e. The van der Waals surface area contributed by atoms with Crippen molar-refractivity contribution in [1.29, 1.82) is 0 Å². The van der Waals surface area contributed by atoms with Crippen molar-refractivity contribution in [2.24, 2.45) is 0 Å². The molecule has 0 aliphatic rings. The first-order chi connectivity index (χ1) is 8.00. The van der Waals surface area contributed by atoms with Crippen molar-refractivity contribution in [3.05, 3.63) is 35.0 Å². The number of nitrogen functional groups attached to an aromatic ring is 1. The van der Waals surface area contributed by atoms with E-state index in [2.05, 4.69) is 10.2 Å². The third-order valence-corrected chi connectivity index (χ3v) is 2.80. The molecule has 0 bridgehead atoms. The second-order valence-corrected chi connectivity index (χ2v) is 3.96. The molecule has 17 heavy (non-hydrogen) atoms. The zero-order chi connectivity index (χ0) is 12.6. The van der Waals surface area contributed by atoms with Crippen molar-refractivity contribution in [1.82, 2.24) is 10.2 Å². The van der Waals surface area contributed by atoms with Gasteiger partial charge in [-0.15, -0.1) is 0 Å². The van der Waals surface area contributed by atoms with Crippen molar-refractivity contribution >= 4 is 11.8 Å². The number of rotatable bonds is 2. The van der Waals surface area contributed by atoms with Gasteiger partial charge in [0, 0.05) is 0 Å². The van der Waals surface area contributed by atoms with Crippen LogP contribution in [0.2, 0.25) is 0 Å². The Balaban J connectivity index is 2.63. The van der Waals surface area contributed by atoms with E-state index >= 15 is 0 Å². The van der Waals surface area contributed by atoms with Crippen LogP contribution in [0.25, 0.3) is 11.1 Å². The summed E-state index contributed by atoms with van der Waals surface area (Å²) in [7, 11) is 0. The van der Waals surface area contributed by atoms with Gasteiger partial charge in [-0.2, -0.15) is 5.10 Å². The number of H-pyrrole nitrogens is 1. The molecule has 88 valence electrons. The number of hydrogen-bond donors (Lipinski definition) is 3. The minimum absolute atomic E-state index is 0.0192. The Kier molecular flexibility index (Phi) is 2.59. The van der Waals surface area contributed by atoms with Gasteiger partial charge in [-0.1, -0.05) is 18.2 Å². The molecule has 1 aromatic heterocycles. The molecule has 5 nitrogen and oxygen atoms in total. The number of benzene rings is 1. The topological polar surface area (TPSA) is 92.0 Å². The van der Waals surface area contributed by atoms with Gasteiger partial charge < -0.3 is 10.8 Å². The lowest BCUT2D eigenvalue weighted by molar-refractivity contribution is 0.0691. The monoisotopic (exact) mass is 231 g/mol. The molecule has 5 heteroatoms. The Hall–Kier alpha value is -2.30. The minimum Gasteiger partial charge on any atom is -0.477 e. The van der Waals surface area contributed by atoms with Gasteiger partial charge in [-0.3, -0.25) is 5.10 Å². The molecule has 0 atom stereocenters. The molecule has 0 fully saturated rings. The van der Waals surface area contributed by atoms with Crippen LogP contribution in [0.4, 0.5) is 5.82 Å². The molecule has 0 amide bonds. The summed E-state index contributed by atoms with van der Waals surface area (Å²) in [5, 5.41) is 15.2. The van der Waals surface area contributed by atoms with Crippen LogP contribution in [0.1, 0.15) is 21.6 Å². The Morgan fingerprint density at radius 3 is 2.65 bits per heavy atom. The fourth-order valence-corrected chi connectivity index (χ4v) is 1.70. The van der Waals surface area contributed by atoms with Gasteiger partial charge in [0.1, 0.15) is 0 Å². The Bertz CT molecular complexity index is 587. The number of anilines is 1. The van der Waals surface area contributed by atoms with Crippen molar-refractivity contribution in [2.75, 3.05) is 5.73 Å². The first-order valence-electron chi connectivity index (χ1n) is 5.15. The van der Waals surface area contributed by atoms with Crippen LogP contribution in [-0.4, -0.2) is 21.3 Å². The van der Waals surface area contributed by atoms with E-state index in [-0.39, 0.29) is 11.5 Å². The minimum atomic E-state index is -1.07. The van der Waals surface area contributed by atoms with Crippen LogP contribution < -0.4 is 5.73 Å². The highest BCUT2D eigenvalue weighted by Gasteiger charge is 2.18. The molecule has 2 aromatic rings. The van der Waals surface area contributed by atoms with Crippen LogP contribution in [0.3, 0.4) is 0 Å². The predicted molar refractivity (Wildman–Crippen MR) is 64.9 cm³/mol. The lowest BCUT2D eigenvalue weighted by Crippen LogP contribution is -2.00. The summed E-state index contributed by atoms with van der Waals surface area (Å²) in [5.41, 5.74) is 9.15. The van der Waals surface area contributed by atoms with E-state index < -0.39 is 5.97 Å². The molecule has 0 radical (unpaired) electrons. The molecule has 0 saturated heterocycles. The molecule has 0 unspecified atom stereocenters. The molecular formula is C12H13N3O2. The van der Waals surface area contributed by atoms with E-state index in [1.54, 1.807) is 0 Å². The highest BCUT2D eigenvalue weighted by atomic mass is 16.4. The maximum absolute atomic E-state index is 11.0. The summed E-state index contributed by atoms with van der Waals surface area (Å²) in [6.45, 7) is 3.96. The smallest absolute Gasteiger partial charge is 0.354 e. The normalized spacial score (nSPS) is 10.5. The van der Waals surface area contributed by atoms with Crippen molar-refractivity contribution in [2.45, 2.75) is 13.8 Å². The SMILES string of the molecule is Cc1ccc(-c2c(N)n[nH]c2C(=O)O)cc1C. The number of nitrogens with two attached hydrogens (primary N) is 1. The average molecular weight is 231 g/mol. The molecule has 2 rings (SSSR count). The van der Waals surface area contributed by atoms with E-state index in [0.29, 0.717) is 5.56 Å². The number of hydrogen-bond acceptors (Lipinski definition) is 3. The van der Waals surface area contributed by atoms with Crippen LogP contribution in [0.5, 0.6) is 0 Å². The number of nitrogens with zero attached hydrogens (tertiary/aromatic N) is 1. The van der Waals surface area contributed by atoms with Gasteiger partial charge in [0.25, 0.3) is 0 Å². The molecule has 0 aliphatic heterocycles. The zero-order valence-corrected chi connectivity index (χ0v) is 9.61. The lowest BCUT2D eigenvalue weighted by atomic mass is 10.0. The quantitative estimate of drug-likeness (QED) is 0.736. The summed E-state index contributed by atoms with van der Waals surface area (Å²) >= 11 is 0. The second kappa shape index (κ2) is 3.93. The number of carbonyl (C=O) groups is 1. The van der Waals surface area contributed by atoms with E-state index in [4.69, 9.17) is 10.8 Å². The maximum atomic E-state index is 11.0. The zero-order valence-electron chi connectivity index (χ0n) is 9.61. The van der Waals surface area contributed by atoms with Crippen LogP contribution in [-0.2, 0) is 0 Å². The van der Waals surface area contributed by atoms with Crippen LogP contribution >= 0.6 is 0 Å². The Morgan fingerprint density at radius 2 is 2.06 bits per heavy atom. The first kappa shape index (κ1) is 11.2. The standard InChI is InChI=1S/C12H13N3O2/c1-6-3-4-8(5-7(6)2)9-10(12(16)17)14-15-11(9)13/h3-5H,1-2H3,(H,16,17)(H3,13,14,15). The molecule has 1 heterocycles. The molecule has 4 N–H and O–H groups in total. The molecule has 0 saturated carbocycles. The summed E-state index contributed by atoms with van der Waals surface area (Å²) in [4.78, 5) is 11.0. The van der Waals surface area contributed by atoms with Crippen molar-refractivity contribution < 1.29 is 9.90 Å². The summed E-state index contributed by atoms with van der Waals surface area (Å²) in [6.07, 6.45) is 0. The van der Waals surface area contributed by atoms with Gasteiger partial charge >= 0.3 is 5.97 Å². The number of aromatic carboxylic acids is 1. The number of aromatic amines is 1.